The van der Waals surface area contributed by atoms with Gasteiger partial charge in [0.05, 0.1) is 12.8 Å². The van der Waals surface area contributed by atoms with Crippen LogP contribution in [0.4, 0.5) is 0 Å². The molecule has 1 aromatic heterocycles. The van der Waals surface area contributed by atoms with Crippen LogP contribution in [0.5, 0.6) is 11.6 Å². The highest BCUT2D eigenvalue weighted by Gasteiger charge is 2.15. The first-order valence-corrected chi connectivity index (χ1v) is 8.09. The highest BCUT2D eigenvalue weighted by molar-refractivity contribution is 5.36. The summed E-state index contributed by atoms with van der Waals surface area (Å²) in [5, 5.41) is 18.0. The summed E-state index contributed by atoms with van der Waals surface area (Å²) in [5.41, 5.74) is 3.82. The van der Waals surface area contributed by atoms with Crippen molar-refractivity contribution in [2.75, 3.05) is 14.2 Å². The van der Waals surface area contributed by atoms with Crippen molar-refractivity contribution in [3.8, 4) is 17.3 Å². The Labute approximate surface area is 147 Å². The molecule has 0 fully saturated rings. The van der Waals surface area contributed by atoms with Crippen LogP contribution in [-0.2, 0) is 13.1 Å². The Bertz CT molecular complexity index is 846. The van der Waals surface area contributed by atoms with Gasteiger partial charge < -0.3 is 9.84 Å². The molecule has 0 aliphatic heterocycles. The van der Waals surface area contributed by atoms with Crippen molar-refractivity contribution in [2.45, 2.75) is 20.0 Å². The minimum Gasteiger partial charge on any atom is -0.496 e. The van der Waals surface area contributed by atoms with Gasteiger partial charge in [0, 0.05) is 13.1 Å². The van der Waals surface area contributed by atoms with E-state index in [0.29, 0.717) is 12.2 Å². The van der Waals surface area contributed by atoms with Gasteiger partial charge in [-0.3, -0.25) is 4.90 Å². The smallest absolute Gasteiger partial charge is 0.256 e. The molecule has 2 aromatic carbocycles. The third kappa shape index (κ3) is 3.80. The summed E-state index contributed by atoms with van der Waals surface area (Å²) in [7, 11) is 3.68. The SMILES string of the molecule is COc1ccc(CN(C)Cc2c(O)nnn2-c2ccccc2)cc1C. The minimum absolute atomic E-state index is 0.0402. The predicted octanol–water partition coefficient (Wildman–Crippen LogP) is 2.92. The molecule has 25 heavy (non-hydrogen) atoms. The molecule has 0 aliphatic carbocycles. The molecule has 0 atom stereocenters. The zero-order chi connectivity index (χ0) is 17.8. The van der Waals surface area contributed by atoms with Crippen LogP contribution < -0.4 is 4.74 Å². The summed E-state index contributed by atoms with van der Waals surface area (Å²) < 4.78 is 6.98. The third-order valence-corrected chi connectivity index (χ3v) is 4.07. The van der Waals surface area contributed by atoms with E-state index in [4.69, 9.17) is 4.74 Å². The zero-order valence-corrected chi connectivity index (χ0v) is 14.7. The van der Waals surface area contributed by atoms with Gasteiger partial charge in [-0.25, -0.2) is 4.68 Å². The number of nitrogens with zero attached hydrogens (tertiary/aromatic N) is 4. The van der Waals surface area contributed by atoms with Gasteiger partial charge in [-0.05, 0) is 43.3 Å². The number of hydrogen-bond donors (Lipinski definition) is 1. The molecule has 0 saturated carbocycles. The molecule has 0 spiro atoms. The fourth-order valence-electron chi connectivity index (χ4n) is 2.87. The van der Waals surface area contributed by atoms with E-state index in [0.717, 1.165) is 23.5 Å². The Kier molecular flexibility index (Phi) is 5.00. The van der Waals surface area contributed by atoms with Crippen LogP contribution in [0.1, 0.15) is 16.8 Å². The first kappa shape index (κ1) is 17.0. The fourth-order valence-corrected chi connectivity index (χ4v) is 2.87. The van der Waals surface area contributed by atoms with Crippen LogP contribution in [0.25, 0.3) is 5.69 Å². The molecule has 1 heterocycles. The van der Waals surface area contributed by atoms with Gasteiger partial charge in [-0.2, -0.15) is 0 Å². The molecule has 0 amide bonds. The number of benzene rings is 2. The van der Waals surface area contributed by atoms with Gasteiger partial charge in [0.2, 0.25) is 0 Å². The molecule has 0 bridgehead atoms. The van der Waals surface area contributed by atoms with E-state index in [9.17, 15) is 5.11 Å². The van der Waals surface area contributed by atoms with E-state index in [-0.39, 0.29) is 5.88 Å². The lowest BCUT2D eigenvalue weighted by Crippen LogP contribution is -2.19. The second-order valence-corrected chi connectivity index (χ2v) is 6.08. The Balaban J connectivity index is 1.76. The van der Waals surface area contributed by atoms with Crippen molar-refractivity contribution >= 4 is 0 Å². The molecule has 6 heteroatoms. The number of hydrogen-bond acceptors (Lipinski definition) is 5. The van der Waals surface area contributed by atoms with Gasteiger partial charge in [0.15, 0.2) is 0 Å². The number of aromatic hydroxyl groups is 1. The zero-order valence-electron chi connectivity index (χ0n) is 14.7. The Morgan fingerprint density at radius 3 is 2.56 bits per heavy atom. The van der Waals surface area contributed by atoms with E-state index in [1.807, 2.05) is 50.4 Å². The molecule has 0 unspecified atom stereocenters. The van der Waals surface area contributed by atoms with Crippen LogP contribution in [0.3, 0.4) is 0 Å². The van der Waals surface area contributed by atoms with Crippen LogP contribution in [0.15, 0.2) is 48.5 Å². The molecule has 0 aliphatic rings. The van der Waals surface area contributed by atoms with Crippen molar-refractivity contribution in [3.05, 3.63) is 65.4 Å². The standard InChI is InChI=1S/C19H22N4O2/c1-14-11-15(9-10-18(14)25-3)12-22(2)13-17-19(24)20-21-23(17)16-7-5-4-6-8-16/h4-11,24H,12-13H2,1-3H3. The molecule has 1 N–H and O–H groups in total. The monoisotopic (exact) mass is 338 g/mol. The second kappa shape index (κ2) is 7.36. The van der Waals surface area contributed by atoms with Crippen molar-refractivity contribution in [3.63, 3.8) is 0 Å². The highest BCUT2D eigenvalue weighted by Crippen LogP contribution is 2.22. The fraction of sp³-hybridized carbons (Fsp3) is 0.263. The Morgan fingerprint density at radius 1 is 1.12 bits per heavy atom. The van der Waals surface area contributed by atoms with Gasteiger partial charge in [-0.15, -0.1) is 0 Å². The summed E-state index contributed by atoms with van der Waals surface area (Å²) in [6.07, 6.45) is 0. The van der Waals surface area contributed by atoms with E-state index in [1.54, 1.807) is 11.8 Å². The van der Waals surface area contributed by atoms with Gasteiger partial charge in [-0.1, -0.05) is 40.6 Å². The van der Waals surface area contributed by atoms with Crippen LogP contribution in [0.2, 0.25) is 0 Å². The minimum atomic E-state index is -0.0402. The van der Waals surface area contributed by atoms with Crippen molar-refractivity contribution in [2.24, 2.45) is 0 Å². The van der Waals surface area contributed by atoms with Crippen LogP contribution in [-0.4, -0.2) is 39.2 Å². The molecule has 0 radical (unpaired) electrons. The molecule has 130 valence electrons. The van der Waals surface area contributed by atoms with E-state index in [2.05, 4.69) is 27.3 Å². The number of para-hydroxylation sites is 1. The maximum atomic E-state index is 10.1. The summed E-state index contributed by atoms with van der Waals surface area (Å²) in [4.78, 5) is 2.11. The predicted molar refractivity (Wildman–Crippen MR) is 95.9 cm³/mol. The summed E-state index contributed by atoms with van der Waals surface area (Å²) in [6.45, 7) is 3.30. The average Bonchev–Trinajstić information content (AvgIpc) is 2.96. The van der Waals surface area contributed by atoms with Crippen LogP contribution >= 0.6 is 0 Å². The Morgan fingerprint density at radius 2 is 1.88 bits per heavy atom. The first-order chi connectivity index (χ1) is 12.1. The quantitative estimate of drug-likeness (QED) is 0.749. The van der Waals surface area contributed by atoms with E-state index in [1.165, 1.54) is 5.56 Å². The van der Waals surface area contributed by atoms with Crippen molar-refractivity contribution in [1.29, 1.82) is 0 Å². The number of ether oxygens (including phenoxy) is 1. The Hall–Kier alpha value is -2.86. The summed E-state index contributed by atoms with van der Waals surface area (Å²) in [6, 6.07) is 15.8. The molecular weight excluding hydrogens is 316 g/mol. The number of methoxy groups -OCH3 is 1. The third-order valence-electron chi connectivity index (χ3n) is 4.07. The van der Waals surface area contributed by atoms with E-state index >= 15 is 0 Å². The van der Waals surface area contributed by atoms with Gasteiger partial charge in [0.25, 0.3) is 5.88 Å². The topological polar surface area (TPSA) is 63.4 Å². The summed E-state index contributed by atoms with van der Waals surface area (Å²) in [5.74, 6) is 0.844. The molecule has 3 rings (SSSR count). The average molecular weight is 338 g/mol. The number of rotatable bonds is 6. The highest BCUT2D eigenvalue weighted by atomic mass is 16.5. The second-order valence-electron chi connectivity index (χ2n) is 6.08. The maximum absolute atomic E-state index is 10.1. The van der Waals surface area contributed by atoms with E-state index < -0.39 is 0 Å². The molecule has 0 saturated heterocycles. The van der Waals surface area contributed by atoms with Crippen LogP contribution in [0, 0.1) is 6.92 Å². The normalized spacial score (nSPS) is 11.0. The van der Waals surface area contributed by atoms with Gasteiger partial charge >= 0.3 is 0 Å². The van der Waals surface area contributed by atoms with Gasteiger partial charge in [0.1, 0.15) is 11.4 Å². The lowest BCUT2D eigenvalue weighted by Gasteiger charge is -2.18. The largest absolute Gasteiger partial charge is 0.496 e. The lowest BCUT2D eigenvalue weighted by atomic mass is 10.1. The maximum Gasteiger partial charge on any atom is 0.256 e. The number of aryl methyl sites for hydroxylation is 1. The lowest BCUT2D eigenvalue weighted by molar-refractivity contribution is 0.304. The van der Waals surface area contributed by atoms with Crippen molar-refractivity contribution in [1.82, 2.24) is 19.9 Å². The first-order valence-electron chi connectivity index (χ1n) is 8.09. The van der Waals surface area contributed by atoms with Crippen molar-refractivity contribution < 1.29 is 9.84 Å². The molecular formula is C19H22N4O2. The molecule has 6 nitrogen and oxygen atoms in total. The molecule has 3 aromatic rings. The number of aromatic nitrogens is 3. The summed E-state index contributed by atoms with van der Waals surface area (Å²) >= 11 is 0.